The van der Waals surface area contributed by atoms with Gasteiger partial charge in [-0.2, -0.15) is 0 Å². The van der Waals surface area contributed by atoms with Crippen molar-refractivity contribution in [3.8, 4) is 0 Å². The van der Waals surface area contributed by atoms with Crippen LogP contribution in [0.4, 0.5) is 0 Å². The smallest absolute Gasteiger partial charge is 0.193 e. The molecule has 0 spiro atoms. The monoisotopic (exact) mass is 327 g/mol. The van der Waals surface area contributed by atoms with E-state index in [1.54, 1.807) is 0 Å². The molecule has 1 aliphatic heterocycles. The molecule has 1 N–H and O–H groups in total. The van der Waals surface area contributed by atoms with E-state index in [1.807, 2.05) is 32.3 Å². The highest BCUT2D eigenvalue weighted by molar-refractivity contribution is 5.80. The highest BCUT2D eigenvalue weighted by Gasteiger charge is 2.11. The number of nitrogens with zero attached hydrogens (tertiary/aromatic N) is 2. The average molecular weight is 327 g/mol. The zero-order valence-electron chi connectivity index (χ0n) is 14.4. The van der Waals surface area contributed by atoms with Gasteiger partial charge in [0, 0.05) is 26.0 Å². The molecule has 0 saturated heterocycles. The van der Waals surface area contributed by atoms with E-state index in [9.17, 15) is 0 Å². The second-order valence-corrected chi connectivity index (χ2v) is 6.02. The van der Waals surface area contributed by atoms with Crippen molar-refractivity contribution in [2.45, 2.75) is 19.4 Å². The molecule has 0 fully saturated rings. The van der Waals surface area contributed by atoms with Crippen LogP contribution in [0, 0.1) is 0 Å². The molecule has 3 rings (SSSR count). The fraction of sp³-hybridized carbons (Fsp3) is 0.421. The van der Waals surface area contributed by atoms with Gasteiger partial charge in [-0.25, -0.2) is 0 Å². The summed E-state index contributed by atoms with van der Waals surface area (Å²) in [6, 6.07) is 10.2. The van der Waals surface area contributed by atoms with E-state index >= 15 is 0 Å². The molecule has 5 heteroatoms. The van der Waals surface area contributed by atoms with Crippen molar-refractivity contribution in [1.82, 2.24) is 10.2 Å². The summed E-state index contributed by atoms with van der Waals surface area (Å²) in [4.78, 5) is 6.45. The molecule has 0 radical (unpaired) electrons. The maximum absolute atomic E-state index is 5.89. The summed E-state index contributed by atoms with van der Waals surface area (Å²) in [6.07, 6.45) is 4.25. The fourth-order valence-corrected chi connectivity index (χ4v) is 2.94. The Balaban J connectivity index is 1.53. The molecular formula is C19H25N3O2. The lowest BCUT2D eigenvalue weighted by molar-refractivity contribution is 0.153. The quantitative estimate of drug-likeness (QED) is 0.521. The first-order chi connectivity index (χ1) is 11.8. The van der Waals surface area contributed by atoms with Crippen LogP contribution < -0.4 is 5.32 Å². The summed E-state index contributed by atoms with van der Waals surface area (Å²) < 4.78 is 11.2. The number of para-hydroxylation sites is 1. The van der Waals surface area contributed by atoms with Crippen molar-refractivity contribution in [3.63, 3.8) is 0 Å². The summed E-state index contributed by atoms with van der Waals surface area (Å²) in [5.41, 5.74) is 2.39. The van der Waals surface area contributed by atoms with Gasteiger partial charge in [0.05, 0.1) is 19.8 Å². The zero-order chi connectivity index (χ0) is 16.8. The Morgan fingerprint density at radius 2 is 2.21 bits per heavy atom. The molecule has 0 unspecified atom stereocenters. The average Bonchev–Trinajstić information content (AvgIpc) is 3.01. The summed E-state index contributed by atoms with van der Waals surface area (Å²) in [5.74, 6) is 1.82. The molecule has 1 aromatic carbocycles. The standard InChI is InChI=1S/C19H25N3O2/c1-20-19(21-10-7-15-8-11-23-12-9-15)22(2)14-17-13-16-5-3-4-6-18(16)24-17/h3-6,8,13H,7,9-12,14H2,1-2H3,(H,20,21). The van der Waals surface area contributed by atoms with Crippen LogP contribution in [0.2, 0.25) is 0 Å². The Hall–Kier alpha value is -2.27. The fourth-order valence-electron chi connectivity index (χ4n) is 2.94. The zero-order valence-corrected chi connectivity index (χ0v) is 14.4. The molecule has 0 aliphatic carbocycles. The number of aliphatic imine (C=N–C) groups is 1. The predicted octanol–water partition coefficient (Wildman–Crippen LogP) is 3.18. The Morgan fingerprint density at radius 1 is 1.33 bits per heavy atom. The van der Waals surface area contributed by atoms with Crippen molar-refractivity contribution in [2.75, 3.05) is 33.9 Å². The van der Waals surface area contributed by atoms with E-state index in [0.29, 0.717) is 6.54 Å². The Morgan fingerprint density at radius 3 is 2.96 bits per heavy atom. The van der Waals surface area contributed by atoms with Crippen LogP contribution >= 0.6 is 0 Å². The molecule has 2 heterocycles. The number of benzene rings is 1. The molecular weight excluding hydrogens is 302 g/mol. The number of fused-ring (bicyclic) bond motifs is 1. The molecule has 0 amide bonds. The number of nitrogens with one attached hydrogen (secondary N) is 1. The molecule has 1 aromatic heterocycles. The number of hydrogen-bond donors (Lipinski definition) is 1. The Kier molecular flexibility index (Phi) is 5.54. The van der Waals surface area contributed by atoms with E-state index in [1.165, 1.54) is 5.57 Å². The summed E-state index contributed by atoms with van der Waals surface area (Å²) >= 11 is 0. The number of furan rings is 1. The van der Waals surface area contributed by atoms with Gasteiger partial charge in [-0.15, -0.1) is 0 Å². The van der Waals surface area contributed by atoms with Crippen molar-refractivity contribution in [2.24, 2.45) is 4.99 Å². The van der Waals surface area contributed by atoms with E-state index in [0.717, 1.165) is 55.3 Å². The summed E-state index contributed by atoms with van der Waals surface area (Å²) in [7, 11) is 3.83. The van der Waals surface area contributed by atoms with Gasteiger partial charge in [-0.05, 0) is 25.0 Å². The highest BCUT2D eigenvalue weighted by Crippen LogP contribution is 2.19. The summed E-state index contributed by atoms with van der Waals surface area (Å²) in [5, 5.41) is 4.56. The lowest BCUT2D eigenvalue weighted by Gasteiger charge is -2.21. The van der Waals surface area contributed by atoms with E-state index in [4.69, 9.17) is 9.15 Å². The topological polar surface area (TPSA) is 50.0 Å². The summed E-state index contributed by atoms with van der Waals surface area (Å²) in [6.45, 7) is 3.15. The van der Waals surface area contributed by atoms with Gasteiger partial charge in [0.1, 0.15) is 11.3 Å². The van der Waals surface area contributed by atoms with Crippen LogP contribution in [-0.4, -0.2) is 44.7 Å². The number of rotatable bonds is 5. The van der Waals surface area contributed by atoms with Crippen LogP contribution in [0.5, 0.6) is 0 Å². The van der Waals surface area contributed by atoms with E-state index in [2.05, 4.69) is 33.4 Å². The maximum atomic E-state index is 5.89. The normalized spacial score (nSPS) is 15.4. The maximum Gasteiger partial charge on any atom is 0.193 e. The van der Waals surface area contributed by atoms with E-state index in [-0.39, 0.29) is 0 Å². The first kappa shape index (κ1) is 16.6. The minimum Gasteiger partial charge on any atom is -0.459 e. The predicted molar refractivity (Wildman–Crippen MR) is 97.2 cm³/mol. The Bertz CT molecular complexity index is 700. The molecule has 0 bridgehead atoms. The highest BCUT2D eigenvalue weighted by atomic mass is 16.5. The molecule has 24 heavy (non-hydrogen) atoms. The van der Waals surface area contributed by atoms with Crippen molar-refractivity contribution < 1.29 is 9.15 Å². The van der Waals surface area contributed by atoms with Gasteiger partial charge < -0.3 is 19.4 Å². The van der Waals surface area contributed by atoms with Gasteiger partial charge >= 0.3 is 0 Å². The lowest BCUT2D eigenvalue weighted by atomic mass is 10.1. The molecule has 2 aromatic rings. The molecule has 0 atom stereocenters. The SMILES string of the molecule is CN=C(NCCC1=CCOCC1)N(C)Cc1cc2ccccc2o1. The minimum atomic E-state index is 0.685. The minimum absolute atomic E-state index is 0.685. The van der Waals surface area contributed by atoms with Gasteiger partial charge in [0.2, 0.25) is 0 Å². The number of guanidine groups is 1. The third-order valence-corrected chi connectivity index (χ3v) is 4.23. The molecule has 0 saturated carbocycles. The third-order valence-electron chi connectivity index (χ3n) is 4.23. The third kappa shape index (κ3) is 4.17. The van der Waals surface area contributed by atoms with Crippen molar-refractivity contribution >= 4 is 16.9 Å². The Labute approximate surface area is 143 Å². The van der Waals surface area contributed by atoms with Crippen molar-refractivity contribution in [3.05, 3.63) is 47.7 Å². The van der Waals surface area contributed by atoms with Gasteiger partial charge in [0.15, 0.2) is 5.96 Å². The van der Waals surface area contributed by atoms with Crippen molar-refractivity contribution in [1.29, 1.82) is 0 Å². The van der Waals surface area contributed by atoms with E-state index < -0.39 is 0 Å². The second kappa shape index (κ2) is 8.02. The lowest BCUT2D eigenvalue weighted by Crippen LogP contribution is -2.39. The van der Waals surface area contributed by atoms with Crippen LogP contribution in [0.25, 0.3) is 11.0 Å². The number of ether oxygens (including phenoxy) is 1. The largest absolute Gasteiger partial charge is 0.459 e. The first-order valence-electron chi connectivity index (χ1n) is 8.41. The number of hydrogen-bond acceptors (Lipinski definition) is 3. The molecule has 1 aliphatic rings. The van der Waals surface area contributed by atoms with Gasteiger partial charge in [-0.1, -0.05) is 29.8 Å². The van der Waals surface area contributed by atoms with Crippen LogP contribution in [0.1, 0.15) is 18.6 Å². The van der Waals surface area contributed by atoms with Crippen LogP contribution in [0.3, 0.4) is 0 Å². The first-order valence-corrected chi connectivity index (χ1v) is 8.41. The van der Waals surface area contributed by atoms with Crippen LogP contribution in [0.15, 0.2) is 51.4 Å². The second-order valence-electron chi connectivity index (χ2n) is 6.02. The van der Waals surface area contributed by atoms with Gasteiger partial charge in [0.25, 0.3) is 0 Å². The van der Waals surface area contributed by atoms with Crippen LogP contribution in [-0.2, 0) is 11.3 Å². The molecule has 5 nitrogen and oxygen atoms in total. The van der Waals surface area contributed by atoms with Gasteiger partial charge in [-0.3, -0.25) is 4.99 Å². The molecule has 128 valence electrons.